The number of carbonyl (C=O) groups is 1. The van der Waals surface area contributed by atoms with E-state index in [9.17, 15) is 14.9 Å². The van der Waals surface area contributed by atoms with Crippen molar-refractivity contribution in [2.45, 2.75) is 44.2 Å². The highest BCUT2D eigenvalue weighted by molar-refractivity contribution is 5.99. The molecule has 0 saturated heterocycles. The van der Waals surface area contributed by atoms with Gasteiger partial charge >= 0.3 is 0 Å². The third kappa shape index (κ3) is 3.82. The number of fused-ring (bicyclic) bond motifs is 3. The molecule has 0 spiro atoms. The van der Waals surface area contributed by atoms with Gasteiger partial charge in [0, 0.05) is 18.2 Å². The Morgan fingerprint density at radius 2 is 1.74 bits per heavy atom. The highest BCUT2D eigenvalue weighted by atomic mass is 35.5. The zero-order valence-corrected chi connectivity index (χ0v) is 15.7. The molecule has 4 rings (SSSR count). The molecule has 2 unspecified atom stereocenters. The Kier molecular flexibility index (Phi) is 5.76. The van der Waals surface area contributed by atoms with E-state index < -0.39 is 10.8 Å². The van der Waals surface area contributed by atoms with Crippen molar-refractivity contribution in [3.05, 3.63) is 27.8 Å². The van der Waals surface area contributed by atoms with Crippen molar-refractivity contribution in [2.75, 3.05) is 13.2 Å². The summed E-state index contributed by atoms with van der Waals surface area (Å²) in [5.74, 6) is 0.944. The molecule has 2 saturated carbocycles. The molecule has 2 atom stereocenters. The quantitative estimate of drug-likeness (QED) is 0.597. The van der Waals surface area contributed by atoms with Crippen LogP contribution in [-0.2, 0) is 0 Å². The van der Waals surface area contributed by atoms with E-state index in [1.165, 1.54) is 12.1 Å². The lowest BCUT2D eigenvalue weighted by molar-refractivity contribution is -0.385. The number of nitrogens with zero attached hydrogens (tertiary/aromatic N) is 1. The molecule has 8 nitrogen and oxygen atoms in total. The average Bonchev–Trinajstić information content (AvgIpc) is 2.61. The lowest BCUT2D eigenvalue weighted by Crippen LogP contribution is -2.53. The average molecular weight is 398 g/mol. The van der Waals surface area contributed by atoms with E-state index >= 15 is 0 Å². The number of nitro groups is 1. The van der Waals surface area contributed by atoms with E-state index in [1.807, 2.05) is 0 Å². The fourth-order valence-corrected chi connectivity index (χ4v) is 4.66. The maximum atomic E-state index is 12.9. The van der Waals surface area contributed by atoms with E-state index in [1.54, 1.807) is 0 Å². The predicted octanol–water partition coefficient (Wildman–Crippen LogP) is 2.42. The van der Waals surface area contributed by atoms with Gasteiger partial charge in [-0.3, -0.25) is 14.9 Å². The number of ether oxygens (including phenoxy) is 2. The van der Waals surface area contributed by atoms with Crippen LogP contribution >= 0.6 is 12.4 Å². The summed E-state index contributed by atoms with van der Waals surface area (Å²) in [7, 11) is 0. The molecule has 3 N–H and O–H groups in total. The first kappa shape index (κ1) is 19.7. The Hall–Kier alpha value is -2.06. The topological polar surface area (TPSA) is 117 Å². The number of rotatable bonds is 3. The zero-order chi connectivity index (χ0) is 18.3. The Bertz CT molecular complexity index is 730. The third-order valence-corrected chi connectivity index (χ3v) is 5.78. The van der Waals surface area contributed by atoms with E-state index in [0.717, 1.165) is 32.1 Å². The van der Waals surface area contributed by atoms with Gasteiger partial charge in [0.15, 0.2) is 11.5 Å². The van der Waals surface area contributed by atoms with Crippen LogP contribution in [0, 0.1) is 22.0 Å². The summed E-state index contributed by atoms with van der Waals surface area (Å²) in [5, 5.41) is 14.5. The van der Waals surface area contributed by atoms with Gasteiger partial charge in [0.05, 0.1) is 11.0 Å². The maximum absolute atomic E-state index is 12.9. The standard InChI is InChI=1S/C18H23N3O5.ClH/c19-12-6-10-2-1-3-11(7-12)17(10)20-18(22)13-8-15-16(26-5-4-25-15)9-14(13)21(23)24;/h8-12,17H,1-7,19H2,(H,20,22);1H. The lowest BCUT2D eigenvalue weighted by Gasteiger charge is -2.45. The van der Waals surface area contributed by atoms with Crippen LogP contribution in [0.25, 0.3) is 0 Å². The van der Waals surface area contributed by atoms with Crippen molar-refractivity contribution in [1.82, 2.24) is 5.32 Å². The molecule has 2 bridgehead atoms. The second kappa shape index (κ2) is 7.90. The van der Waals surface area contributed by atoms with Crippen molar-refractivity contribution in [3.63, 3.8) is 0 Å². The van der Waals surface area contributed by atoms with E-state index in [-0.39, 0.29) is 35.7 Å². The summed E-state index contributed by atoms with van der Waals surface area (Å²) in [4.78, 5) is 23.8. The predicted molar refractivity (Wildman–Crippen MR) is 101 cm³/mol. The molecule has 2 aliphatic carbocycles. The van der Waals surface area contributed by atoms with E-state index in [0.29, 0.717) is 36.5 Å². The highest BCUT2D eigenvalue weighted by Gasteiger charge is 2.40. The van der Waals surface area contributed by atoms with Crippen LogP contribution in [0.2, 0.25) is 0 Å². The number of halogens is 1. The van der Waals surface area contributed by atoms with Gasteiger partial charge in [-0.1, -0.05) is 6.42 Å². The Morgan fingerprint density at radius 1 is 1.15 bits per heavy atom. The summed E-state index contributed by atoms with van der Waals surface area (Å²) in [6.07, 6.45) is 5.02. The van der Waals surface area contributed by atoms with Gasteiger partial charge in [-0.05, 0) is 37.5 Å². The van der Waals surface area contributed by atoms with Crippen molar-refractivity contribution >= 4 is 24.0 Å². The second-order valence-electron chi connectivity index (χ2n) is 7.45. The summed E-state index contributed by atoms with van der Waals surface area (Å²) in [5.41, 5.74) is 5.90. The fraction of sp³-hybridized carbons (Fsp3) is 0.611. The van der Waals surface area contributed by atoms with Crippen LogP contribution in [0.5, 0.6) is 11.5 Å². The van der Waals surface area contributed by atoms with Crippen LogP contribution in [0.3, 0.4) is 0 Å². The van der Waals surface area contributed by atoms with Crippen LogP contribution in [0.4, 0.5) is 5.69 Å². The molecule has 0 radical (unpaired) electrons. The number of nitrogens with one attached hydrogen (secondary N) is 1. The van der Waals surface area contributed by atoms with Gasteiger partial charge in [0.25, 0.3) is 11.6 Å². The van der Waals surface area contributed by atoms with Crippen LogP contribution in [0.15, 0.2) is 12.1 Å². The number of hydrogen-bond donors (Lipinski definition) is 2. The van der Waals surface area contributed by atoms with Crippen molar-refractivity contribution in [3.8, 4) is 11.5 Å². The number of hydrogen-bond acceptors (Lipinski definition) is 6. The second-order valence-corrected chi connectivity index (χ2v) is 7.45. The first-order valence-corrected chi connectivity index (χ1v) is 9.17. The normalized spacial score (nSPS) is 28.6. The largest absolute Gasteiger partial charge is 0.486 e. The molecule has 27 heavy (non-hydrogen) atoms. The van der Waals surface area contributed by atoms with Gasteiger partial charge in [0.1, 0.15) is 18.8 Å². The SMILES string of the molecule is Cl.NC1CC2CCCC(C1)C2NC(=O)c1cc2c(cc1[N+](=O)[O-])OCCO2. The summed E-state index contributed by atoms with van der Waals surface area (Å²) in [6.45, 7) is 0.692. The smallest absolute Gasteiger partial charge is 0.286 e. The molecule has 0 aromatic heterocycles. The minimum absolute atomic E-state index is 0. The van der Waals surface area contributed by atoms with Crippen molar-refractivity contribution in [1.29, 1.82) is 0 Å². The van der Waals surface area contributed by atoms with Gasteiger partial charge < -0.3 is 20.5 Å². The molecule has 2 fully saturated rings. The molecule has 3 aliphatic rings. The molecule has 1 aromatic carbocycles. The van der Waals surface area contributed by atoms with E-state index in [4.69, 9.17) is 15.2 Å². The van der Waals surface area contributed by atoms with Crippen molar-refractivity contribution < 1.29 is 19.2 Å². The molecule has 1 amide bonds. The van der Waals surface area contributed by atoms with Gasteiger partial charge in [-0.2, -0.15) is 0 Å². The summed E-state index contributed by atoms with van der Waals surface area (Å²) >= 11 is 0. The minimum Gasteiger partial charge on any atom is -0.486 e. The first-order valence-electron chi connectivity index (χ1n) is 9.17. The Balaban J connectivity index is 0.00000210. The van der Waals surface area contributed by atoms with Gasteiger partial charge in [0.2, 0.25) is 0 Å². The highest BCUT2D eigenvalue weighted by Crippen LogP contribution is 2.41. The molecule has 1 aliphatic heterocycles. The number of amides is 1. The molecule has 148 valence electrons. The summed E-state index contributed by atoms with van der Waals surface area (Å²) < 4.78 is 10.9. The van der Waals surface area contributed by atoms with E-state index in [2.05, 4.69) is 5.32 Å². The molecular formula is C18H24ClN3O5. The lowest BCUT2D eigenvalue weighted by atomic mass is 9.67. The fourth-order valence-electron chi connectivity index (χ4n) is 4.66. The first-order chi connectivity index (χ1) is 12.5. The number of benzene rings is 1. The number of nitrogens with two attached hydrogens (primary N) is 1. The Labute approximate surface area is 163 Å². The third-order valence-electron chi connectivity index (χ3n) is 5.78. The van der Waals surface area contributed by atoms with Crippen molar-refractivity contribution in [2.24, 2.45) is 17.6 Å². The van der Waals surface area contributed by atoms with Crippen LogP contribution in [0.1, 0.15) is 42.5 Å². The monoisotopic (exact) mass is 397 g/mol. The number of carbonyl (C=O) groups excluding carboxylic acids is 1. The molecule has 9 heteroatoms. The van der Waals surface area contributed by atoms with Crippen LogP contribution < -0.4 is 20.5 Å². The Morgan fingerprint density at radius 3 is 2.33 bits per heavy atom. The summed E-state index contributed by atoms with van der Waals surface area (Å²) in [6, 6.07) is 2.92. The molecule has 1 heterocycles. The van der Waals surface area contributed by atoms with Gasteiger partial charge in [-0.15, -0.1) is 12.4 Å². The number of nitro benzene ring substituents is 1. The van der Waals surface area contributed by atoms with Crippen LogP contribution in [-0.4, -0.2) is 36.1 Å². The minimum atomic E-state index is -0.551. The molecular weight excluding hydrogens is 374 g/mol. The zero-order valence-electron chi connectivity index (χ0n) is 14.9. The maximum Gasteiger partial charge on any atom is 0.286 e. The van der Waals surface area contributed by atoms with Gasteiger partial charge in [-0.25, -0.2) is 0 Å². The molecule has 1 aromatic rings.